The molecule has 15 heavy (non-hydrogen) atoms. The molecule has 1 atom stereocenters. The van der Waals surface area contributed by atoms with Gasteiger partial charge in [0.15, 0.2) is 5.72 Å². The fourth-order valence-corrected chi connectivity index (χ4v) is 1.07. The van der Waals surface area contributed by atoms with E-state index in [2.05, 4.69) is 10.1 Å². The average Bonchev–Trinajstić information content (AvgIpc) is 2.74. The molecule has 80 valence electrons. The lowest BCUT2D eigenvalue weighted by atomic mass is 10.4. The van der Waals surface area contributed by atoms with Gasteiger partial charge >= 0.3 is 17.7 Å². The number of ether oxygens (including phenoxy) is 1. The van der Waals surface area contributed by atoms with E-state index in [0.717, 1.165) is 4.68 Å². The Hall–Kier alpha value is -2.03. The lowest BCUT2D eigenvalue weighted by Gasteiger charge is -2.00. The third-order valence-corrected chi connectivity index (χ3v) is 1.96. The molecule has 9 heteroatoms. The number of nitro groups is 1. The fraction of sp³-hybridized carbons (Fsp3) is 0.500. The molecule has 0 amide bonds. The Bertz CT molecular complexity index is 448. The topological polar surface area (TPSA) is 124 Å². The number of hydrogen-bond donors (Lipinski definition) is 1. The van der Waals surface area contributed by atoms with E-state index in [1.165, 1.54) is 0 Å². The molecule has 1 fully saturated rings. The van der Waals surface area contributed by atoms with Crippen LogP contribution in [0.2, 0.25) is 0 Å². The van der Waals surface area contributed by atoms with Crippen molar-refractivity contribution in [3.05, 3.63) is 15.9 Å². The molecule has 2 heterocycles. The Balaban J connectivity index is 2.52. The second-order valence-corrected chi connectivity index (χ2v) is 3.17. The summed E-state index contributed by atoms with van der Waals surface area (Å²) in [5, 5.41) is 22.6. The van der Waals surface area contributed by atoms with Gasteiger partial charge in [0, 0.05) is 5.10 Å². The minimum Gasteiger partial charge on any atom is -0.474 e. The monoisotopic (exact) mass is 214 g/mol. The predicted octanol–water partition coefficient (Wildman–Crippen LogP) is -0.413. The van der Waals surface area contributed by atoms with E-state index in [9.17, 15) is 14.9 Å². The van der Waals surface area contributed by atoms with E-state index in [4.69, 9.17) is 9.84 Å². The van der Waals surface area contributed by atoms with Crippen molar-refractivity contribution in [2.24, 2.45) is 0 Å². The molecular weight excluding hydrogens is 208 g/mol. The van der Waals surface area contributed by atoms with E-state index in [1.54, 1.807) is 6.92 Å². The maximum Gasteiger partial charge on any atom is 0.491 e. The molecule has 1 unspecified atom stereocenters. The van der Waals surface area contributed by atoms with Crippen LogP contribution in [0.4, 0.5) is 5.95 Å². The van der Waals surface area contributed by atoms with Gasteiger partial charge < -0.3 is 20.0 Å². The summed E-state index contributed by atoms with van der Waals surface area (Å²) in [6.07, 6.45) is 0. The van der Waals surface area contributed by atoms with Crippen molar-refractivity contribution >= 4 is 11.9 Å². The molecule has 0 saturated carbocycles. The summed E-state index contributed by atoms with van der Waals surface area (Å²) in [4.78, 5) is 23.5. The van der Waals surface area contributed by atoms with Crippen molar-refractivity contribution in [2.75, 3.05) is 6.61 Å². The first-order valence-electron chi connectivity index (χ1n) is 3.93. The van der Waals surface area contributed by atoms with Gasteiger partial charge in [0.05, 0.1) is 0 Å². The quantitative estimate of drug-likeness (QED) is 0.411. The first kappa shape index (κ1) is 9.52. The van der Waals surface area contributed by atoms with Crippen molar-refractivity contribution in [3.8, 4) is 0 Å². The maximum atomic E-state index is 10.7. The van der Waals surface area contributed by atoms with Crippen LogP contribution in [-0.2, 0) is 10.5 Å². The number of aromatic nitrogens is 3. The van der Waals surface area contributed by atoms with Crippen LogP contribution >= 0.6 is 0 Å². The highest BCUT2D eigenvalue weighted by atomic mass is 16.6. The van der Waals surface area contributed by atoms with Gasteiger partial charge in [0.2, 0.25) is 0 Å². The third-order valence-electron chi connectivity index (χ3n) is 1.96. The highest BCUT2D eigenvalue weighted by Crippen LogP contribution is 2.32. The summed E-state index contributed by atoms with van der Waals surface area (Å²) >= 11 is 0. The normalized spacial score (nSPS) is 23.8. The van der Waals surface area contributed by atoms with Gasteiger partial charge in [-0.15, -0.1) is 4.68 Å². The van der Waals surface area contributed by atoms with Crippen molar-refractivity contribution in [3.63, 3.8) is 0 Å². The first-order valence-corrected chi connectivity index (χ1v) is 3.93. The fourth-order valence-electron chi connectivity index (χ4n) is 1.07. The lowest BCUT2D eigenvalue weighted by molar-refractivity contribution is -0.394. The minimum absolute atomic E-state index is 0.258. The molecule has 0 aromatic carbocycles. The van der Waals surface area contributed by atoms with Crippen LogP contribution in [0.1, 0.15) is 17.5 Å². The molecule has 1 aromatic rings. The summed E-state index contributed by atoms with van der Waals surface area (Å²) in [6, 6.07) is 0. The summed E-state index contributed by atoms with van der Waals surface area (Å²) in [5.41, 5.74) is -0.922. The summed E-state index contributed by atoms with van der Waals surface area (Å²) in [6.45, 7) is 1.83. The second-order valence-electron chi connectivity index (χ2n) is 3.17. The zero-order valence-corrected chi connectivity index (χ0v) is 7.58. The average molecular weight is 214 g/mol. The molecule has 1 aliphatic heterocycles. The third kappa shape index (κ3) is 1.42. The Morgan fingerprint density at radius 1 is 1.80 bits per heavy atom. The van der Waals surface area contributed by atoms with Gasteiger partial charge in [-0.3, -0.25) is 0 Å². The van der Waals surface area contributed by atoms with E-state index >= 15 is 0 Å². The predicted molar refractivity (Wildman–Crippen MR) is 43.2 cm³/mol. The SMILES string of the molecule is CC1(n2nc([N+](=O)[O-])nc2C(=O)O)CO1. The smallest absolute Gasteiger partial charge is 0.474 e. The molecule has 1 aliphatic rings. The number of nitrogens with zero attached hydrogens (tertiary/aromatic N) is 4. The summed E-state index contributed by atoms with van der Waals surface area (Å²) in [5.74, 6) is -2.63. The Labute approximate surface area is 82.4 Å². The van der Waals surface area contributed by atoms with Crippen molar-refractivity contribution in [2.45, 2.75) is 12.6 Å². The molecule has 0 spiro atoms. The van der Waals surface area contributed by atoms with Gasteiger partial charge in [0.25, 0.3) is 0 Å². The van der Waals surface area contributed by atoms with Gasteiger partial charge in [-0.2, -0.15) is 0 Å². The van der Waals surface area contributed by atoms with Gasteiger partial charge in [-0.05, 0) is 16.8 Å². The maximum absolute atomic E-state index is 10.7. The van der Waals surface area contributed by atoms with Crippen molar-refractivity contribution in [1.82, 2.24) is 14.8 Å². The molecule has 9 nitrogen and oxygen atoms in total. The van der Waals surface area contributed by atoms with Gasteiger partial charge in [-0.25, -0.2) is 4.79 Å². The highest BCUT2D eigenvalue weighted by Gasteiger charge is 2.49. The standard InChI is InChI=1S/C6H6N4O5/c1-6(2-15-6)9-3(4(11)12)7-5(8-9)10(13)14/h2H2,1H3,(H,11,12). The molecular formula is C6H6N4O5. The summed E-state index contributed by atoms with van der Waals surface area (Å²) in [7, 11) is 0. The number of carboxylic acid groups (broad SMARTS) is 1. The molecule has 1 N–H and O–H groups in total. The van der Waals surface area contributed by atoms with E-state index in [0.29, 0.717) is 0 Å². The first-order chi connectivity index (χ1) is 6.94. The zero-order chi connectivity index (χ0) is 11.2. The molecule has 1 saturated heterocycles. The number of epoxide rings is 1. The van der Waals surface area contributed by atoms with Crippen LogP contribution in [0.5, 0.6) is 0 Å². The Kier molecular flexibility index (Phi) is 1.73. The van der Waals surface area contributed by atoms with Crippen LogP contribution in [0.15, 0.2) is 0 Å². The minimum atomic E-state index is -1.38. The van der Waals surface area contributed by atoms with Crippen LogP contribution in [0.25, 0.3) is 0 Å². The molecule has 0 aliphatic carbocycles. The number of carboxylic acids is 1. The number of aromatic carboxylic acids is 1. The number of hydrogen-bond acceptors (Lipinski definition) is 6. The molecule has 0 radical (unpaired) electrons. The van der Waals surface area contributed by atoms with Crippen molar-refractivity contribution < 1.29 is 19.6 Å². The van der Waals surface area contributed by atoms with Gasteiger partial charge in [0.1, 0.15) is 6.61 Å². The molecule has 1 aromatic heterocycles. The second kappa shape index (κ2) is 2.73. The van der Waals surface area contributed by atoms with Crippen LogP contribution in [-0.4, -0.2) is 37.4 Å². The number of rotatable bonds is 3. The van der Waals surface area contributed by atoms with Gasteiger partial charge in [-0.1, -0.05) is 0 Å². The zero-order valence-electron chi connectivity index (χ0n) is 7.58. The lowest BCUT2D eigenvalue weighted by Crippen LogP contribution is -2.21. The molecule has 2 rings (SSSR count). The largest absolute Gasteiger partial charge is 0.491 e. The van der Waals surface area contributed by atoms with E-state index < -0.39 is 28.4 Å². The van der Waals surface area contributed by atoms with Crippen molar-refractivity contribution in [1.29, 1.82) is 0 Å². The van der Waals surface area contributed by atoms with E-state index in [-0.39, 0.29) is 6.61 Å². The van der Waals surface area contributed by atoms with E-state index in [1.807, 2.05) is 0 Å². The van der Waals surface area contributed by atoms with Crippen LogP contribution in [0, 0.1) is 10.1 Å². The summed E-state index contributed by atoms with van der Waals surface area (Å²) < 4.78 is 5.85. The highest BCUT2D eigenvalue weighted by molar-refractivity contribution is 5.83. The Morgan fingerprint density at radius 3 is 2.80 bits per heavy atom. The number of carbonyl (C=O) groups is 1. The Morgan fingerprint density at radius 2 is 2.40 bits per heavy atom. The molecule has 0 bridgehead atoms. The van der Waals surface area contributed by atoms with Crippen LogP contribution < -0.4 is 0 Å². The van der Waals surface area contributed by atoms with Crippen LogP contribution in [0.3, 0.4) is 0 Å².